The maximum Gasteiger partial charge on any atom is 0.338 e. The maximum absolute atomic E-state index is 13.1. The summed E-state index contributed by atoms with van der Waals surface area (Å²) in [6.45, 7) is 7.36. The third kappa shape index (κ3) is 5.08. The van der Waals surface area contributed by atoms with Crippen LogP contribution in [0.3, 0.4) is 0 Å². The van der Waals surface area contributed by atoms with Gasteiger partial charge in [0.15, 0.2) is 0 Å². The van der Waals surface area contributed by atoms with E-state index in [4.69, 9.17) is 4.74 Å². The number of sulfonamides is 1. The second kappa shape index (κ2) is 9.00. The minimum Gasteiger partial charge on any atom is -0.462 e. The molecule has 32 heavy (non-hydrogen) atoms. The van der Waals surface area contributed by atoms with Crippen molar-refractivity contribution >= 4 is 44.0 Å². The molecule has 0 fully saturated rings. The van der Waals surface area contributed by atoms with Crippen LogP contribution in [-0.2, 0) is 19.6 Å². The summed E-state index contributed by atoms with van der Waals surface area (Å²) in [7, 11) is -3.94. The van der Waals surface area contributed by atoms with E-state index in [0.29, 0.717) is 27.7 Å². The number of carbonyl (C=O) groups is 2. The second-order valence-electron chi connectivity index (χ2n) is 8.26. The largest absolute Gasteiger partial charge is 0.462 e. The van der Waals surface area contributed by atoms with Crippen molar-refractivity contribution in [3.8, 4) is 0 Å². The summed E-state index contributed by atoms with van der Waals surface area (Å²) in [6, 6.07) is 16.0. The number of carbonyl (C=O) groups excluding carboxylic acids is 2. The molecule has 0 aliphatic carbocycles. The van der Waals surface area contributed by atoms with E-state index in [1.807, 2.05) is 20.8 Å². The van der Waals surface area contributed by atoms with Gasteiger partial charge in [0.05, 0.1) is 17.1 Å². The topological polar surface area (TPSA) is 102 Å². The van der Waals surface area contributed by atoms with E-state index in [1.165, 1.54) is 6.07 Å². The van der Waals surface area contributed by atoms with Gasteiger partial charge in [-0.15, -0.1) is 0 Å². The molecule has 8 heteroatoms. The van der Waals surface area contributed by atoms with Crippen LogP contribution in [0.25, 0.3) is 10.8 Å². The maximum atomic E-state index is 13.1. The molecule has 0 atom stereocenters. The van der Waals surface area contributed by atoms with Crippen LogP contribution in [0.1, 0.15) is 38.1 Å². The Balaban J connectivity index is 1.90. The SMILES string of the molecule is CCOC(=O)c1cccc2c(S(=O)(=O)Nc3ccc(NC(=O)C(C)(C)C)cc3)cccc12. The van der Waals surface area contributed by atoms with Gasteiger partial charge in [0, 0.05) is 22.2 Å². The zero-order valence-electron chi connectivity index (χ0n) is 18.4. The molecule has 0 spiro atoms. The molecule has 0 aliphatic heterocycles. The lowest BCUT2D eigenvalue weighted by molar-refractivity contribution is -0.123. The molecule has 3 rings (SSSR count). The summed E-state index contributed by atoms with van der Waals surface area (Å²) in [5.41, 5.74) is 0.673. The number of rotatable bonds is 6. The van der Waals surface area contributed by atoms with Gasteiger partial charge in [-0.2, -0.15) is 0 Å². The van der Waals surface area contributed by atoms with E-state index >= 15 is 0 Å². The van der Waals surface area contributed by atoms with Gasteiger partial charge in [-0.25, -0.2) is 13.2 Å². The van der Waals surface area contributed by atoms with Crippen LogP contribution in [0.15, 0.2) is 65.6 Å². The first-order valence-electron chi connectivity index (χ1n) is 10.2. The van der Waals surface area contributed by atoms with E-state index in [0.717, 1.165) is 0 Å². The fourth-order valence-electron chi connectivity index (χ4n) is 3.05. The van der Waals surface area contributed by atoms with Crippen LogP contribution < -0.4 is 10.0 Å². The third-order valence-corrected chi connectivity index (χ3v) is 6.18. The van der Waals surface area contributed by atoms with Gasteiger partial charge in [0.25, 0.3) is 10.0 Å². The molecule has 0 saturated heterocycles. The van der Waals surface area contributed by atoms with Gasteiger partial charge in [0.2, 0.25) is 5.91 Å². The number of amides is 1. The summed E-state index contributed by atoms with van der Waals surface area (Å²) in [4.78, 5) is 24.4. The van der Waals surface area contributed by atoms with Crippen LogP contribution in [-0.4, -0.2) is 26.9 Å². The van der Waals surface area contributed by atoms with Crippen molar-refractivity contribution in [3.05, 3.63) is 66.2 Å². The Morgan fingerprint density at radius 1 is 0.875 bits per heavy atom. The van der Waals surface area contributed by atoms with Crippen LogP contribution in [0.2, 0.25) is 0 Å². The summed E-state index contributed by atoms with van der Waals surface area (Å²) < 4.78 is 33.9. The van der Waals surface area contributed by atoms with Crippen LogP contribution in [0, 0.1) is 5.41 Å². The smallest absolute Gasteiger partial charge is 0.338 e. The van der Waals surface area contributed by atoms with Crippen molar-refractivity contribution in [2.45, 2.75) is 32.6 Å². The predicted octanol–water partition coefficient (Wildman–Crippen LogP) is 4.80. The quantitative estimate of drug-likeness (QED) is 0.521. The molecule has 0 bridgehead atoms. The van der Waals surface area contributed by atoms with Gasteiger partial charge in [-0.1, -0.05) is 45.0 Å². The third-order valence-electron chi connectivity index (χ3n) is 4.74. The van der Waals surface area contributed by atoms with Crippen LogP contribution in [0.4, 0.5) is 11.4 Å². The van der Waals surface area contributed by atoms with Crippen molar-refractivity contribution in [2.24, 2.45) is 5.41 Å². The Hall–Kier alpha value is -3.39. The van der Waals surface area contributed by atoms with Crippen LogP contribution >= 0.6 is 0 Å². The van der Waals surface area contributed by atoms with Crippen molar-refractivity contribution in [2.75, 3.05) is 16.6 Å². The first-order chi connectivity index (χ1) is 15.0. The first kappa shape index (κ1) is 23.3. The number of fused-ring (bicyclic) bond motifs is 1. The minimum atomic E-state index is -3.94. The normalized spacial score (nSPS) is 11.8. The van der Waals surface area contributed by atoms with Crippen molar-refractivity contribution in [3.63, 3.8) is 0 Å². The predicted molar refractivity (Wildman–Crippen MR) is 125 cm³/mol. The Bertz CT molecular complexity index is 1260. The Labute approximate surface area is 187 Å². The van der Waals surface area contributed by atoms with E-state index in [9.17, 15) is 18.0 Å². The summed E-state index contributed by atoms with van der Waals surface area (Å²) >= 11 is 0. The van der Waals surface area contributed by atoms with Gasteiger partial charge in [0.1, 0.15) is 0 Å². The molecule has 2 N–H and O–H groups in total. The zero-order chi connectivity index (χ0) is 23.5. The lowest BCUT2D eigenvalue weighted by Crippen LogP contribution is -2.27. The van der Waals surface area contributed by atoms with Crippen LogP contribution in [0.5, 0.6) is 0 Å². The first-order valence-corrected chi connectivity index (χ1v) is 11.6. The van der Waals surface area contributed by atoms with Gasteiger partial charge in [-0.05, 0) is 48.7 Å². The molecule has 0 unspecified atom stereocenters. The highest BCUT2D eigenvalue weighted by molar-refractivity contribution is 7.93. The molecule has 3 aromatic carbocycles. The number of esters is 1. The Morgan fingerprint density at radius 3 is 2.09 bits per heavy atom. The fourth-order valence-corrected chi connectivity index (χ4v) is 4.33. The molecular weight excluding hydrogens is 428 g/mol. The van der Waals surface area contributed by atoms with Crippen molar-refractivity contribution < 1.29 is 22.7 Å². The lowest BCUT2D eigenvalue weighted by Gasteiger charge is -2.18. The molecule has 0 aromatic heterocycles. The number of anilines is 2. The molecule has 0 saturated carbocycles. The number of benzene rings is 3. The van der Waals surface area contributed by atoms with Crippen molar-refractivity contribution in [1.29, 1.82) is 0 Å². The lowest BCUT2D eigenvalue weighted by atomic mass is 9.95. The molecular formula is C24H26N2O5S. The average Bonchev–Trinajstić information content (AvgIpc) is 2.73. The number of nitrogens with one attached hydrogen (secondary N) is 2. The minimum absolute atomic E-state index is 0.0475. The molecule has 0 radical (unpaired) electrons. The molecule has 0 heterocycles. The summed E-state index contributed by atoms with van der Waals surface area (Å²) in [5.74, 6) is -0.646. The van der Waals surface area contributed by atoms with E-state index in [-0.39, 0.29) is 17.4 Å². The highest BCUT2D eigenvalue weighted by atomic mass is 32.2. The highest BCUT2D eigenvalue weighted by Crippen LogP contribution is 2.28. The Morgan fingerprint density at radius 2 is 1.47 bits per heavy atom. The van der Waals surface area contributed by atoms with Gasteiger partial charge >= 0.3 is 5.97 Å². The average molecular weight is 455 g/mol. The molecule has 168 valence electrons. The number of ether oxygens (including phenoxy) is 1. The monoisotopic (exact) mass is 454 g/mol. The second-order valence-corrected chi connectivity index (χ2v) is 9.92. The molecule has 7 nitrogen and oxygen atoms in total. The summed E-state index contributed by atoms with van der Waals surface area (Å²) in [5, 5.41) is 3.71. The van der Waals surface area contributed by atoms with Gasteiger partial charge < -0.3 is 10.1 Å². The molecule has 0 aliphatic rings. The Kier molecular flexibility index (Phi) is 6.55. The standard InChI is InChI=1S/C24H26N2O5S/c1-5-31-22(27)20-10-6-9-19-18(20)8-7-11-21(19)32(29,30)26-17-14-12-16(13-15-17)25-23(28)24(2,3)4/h6-15,26H,5H2,1-4H3,(H,25,28). The van der Waals surface area contributed by atoms with E-state index < -0.39 is 21.4 Å². The number of hydrogen-bond donors (Lipinski definition) is 2. The molecule has 1 amide bonds. The van der Waals surface area contributed by atoms with E-state index in [2.05, 4.69) is 10.0 Å². The highest BCUT2D eigenvalue weighted by Gasteiger charge is 2.22. The van der Waals surface area contributed by atoms with Gasteiger partial charge in [-0.3, -0.25) is 9.52 Å². The fraction of sp³-hybridized carbons (Fsp3) is 0.250. The van der Waals surface area contributed by atoms with Crippen molar-refractivity contribution in [1.82, 2.24) is 0 Å². The number of hydrogen-bond acceptors (Lipinski definition) is 5. The summed E-state index contributed by atoms with van der Waals surface area (Å²) in [6.07, 6.45) is 0. The van der Waals surface area contributed by atoms with E-state index in [1.54, 1.807) is 61.5 Å². The molecule has 3 aromatic rings. The zero-order valence-corrected chi connectivity index (χ0v) is 19.2.